The van der Waals surface area contributed by atoms with E-state index in [1.54, 1.807) is 0 Å². The second-order valence-electron chi connectivity index (χ2n) is 5.35. The maximum absolute atomic E-state index is 11.9. The van der Waals surface area contributed by atoms with E-state index < -0.39 is 11.9 Å². The second kappa shape index (κ2) is 10.5. The van der Waals surface area contributed by atoms with Crippen molar-refractivity contribution in [2.24, 2.45) is 5.92 Å². The minimum atomic E-state index is -0.422. The molecule has 0 rings (SSSR count). The molecule has 0 aromatic carbocycles. The van der Waals surface area contributed by atoms with Crippen molar-refractivity contribution >= 4 is 11.9 Å². The highest BCUT2D eigenvalue weighted by Crippen LogP contribution is 2.22. The molecule has 0 atom stereocenters. The fourth-order valence-electron chi connectivity index (χ4n) is 2.09. The summed E-state index contributed by atoms with van der Waals surface area (Å²) in [6.07, 6.45) is 5.30. The molecule has 20 heavy (non-hydrogen) atoms. The monoisotopic (exact) mass is 284 g/mol. The Hall–Kier alpha value is -1.32. The molecule has 0 unspecified atom stereocenters. The number of unbranched alkanes of at least 4 members (excludes halogenated alkanes) is 3. The van der Waals surface area contributed by atoms with Crippen LogP contribution in [0.25, 0.3) is 0 Å². The van der Waals surface area contributed by atoms with Crippen LogP contribution in [0.15, 0.2) is 11.1 Å². The van der Waals surface area contributed by atoms with E-state index in [0.717, 1.165) is 25.7 Å². The lowest BCUT2D eigenvalue weighted by Gasteiger charge is -2.14. The van der Waals surface area contributed by atoms with Crippen LogP contribution in [-0.4, -0.2) is 26.2 Å². The second-order valence-corrected chi connectivity index (χ2v) is 5.35. The van der Waals surface area contributed by atoms with Gasteiger partial charge >= 0.3 is 11.9 Å². The Bertz CT molecular complexity index is 342. The summed E-state index contributed by atoms with van der Waals surface area (Å²) < 4.78 is 9.63. The molecule has 0 spiro atoms. The number of carbonyl (C=O) groups excluding carboxylic acids is 2. The number of carbonyl (C=O) groups is 2. The van der Waals surface area contributed by atoms with Gasteiger partial charge in [0.1, 0.15) is 0 Å². The van der Waals surface area contributed by atoms with E-state index in [1.807, 2.05) is 13.8 Å². The van der Waals surface area contributed by atoms with Crippen LogP contribution >= 0.6 is 0 Å². The number of hydrogen-bond acceptors (Lipinski definition) is 4. The fraction of sp³-hybridized carbons (Fsp3) is 0.750. The standard InChI is InChI=1S/C16H28O4/c1-6-7-8-9-10-13(15(17)19-4)14(11-12(2)3)16(18)20-5/h12H,6-11H2,1-5H3. The highest BCUT2D eigenvalue weighted by molar-refractivity contribution is 6.00. The third kappa shape index (κ3) is 6.73. The van der Waals surface area contributed by atoms with Crippen molar-refractivity contribution in [3.63, 3.8) is 0 Å². The number of hydrogen-bond donors (Lipinski definition) is 0. The van der Waals surface area contributed by atoms with Crippen molar-refractivity contribution in [2.45, 2.75) is 59.3 Å². The predicted molar refractivity (Wildman–Crippen MR) is 79.3 cm³/mol. The first kappa shape index (κ1) is 18.7. The van der Waals surface area contributed by atoms with Crippen LogP contribution in [0.3, 0.4) is 0 Å². The number of esters is 2. The summed E-state index contributed by atoms with van der Waals surface area (Å²) in [6.45, 7) is 6.15. The van der Waals surface area contributed by atoms with Crippen molar-refractivity contribution in [3.8, 4) is 0 Å². The summed E-state index contributed by atoms with van der Waals surface area (Å²) in [7, 11) is 2.69. The van der Waals surface area contributed by atoms with E-state index in [4.69, 9.17) is 9.47 Å². The van der Waals surface area contributed by atoms with Gasteiger partial charge in [-0.25, -0.2) is 9.59 Å². The predicted octanol–water partition coefficient (Wildman–Crippen LogP) is 3.65. The Morgan fingerprint density at radius 3 is 1.90 bits per heavy atom. The first-order chi connectivity index (χ1) is 9.47. The van der Waals surface area contributed by atoms with Crippen LogP contribution in [0.5, 0.6) is 0 Å². The van der Waals surface area contributed by atoms with E-state index in [9.17, 15) is 9.59 Å². The van der Waals surface area contributed by atoms with Crippen LogP contribution in [0.1, 0.15) is 59.3 Å². The Kier molecular flexibility index (Phi) is 9.77. The van der Waals surface area contributed by atoms with Crippen LogP contribution in [0.2, 0.25) is 0 Å². The topological polar surface area (TPSA) is 52.6 Å². The number of methoxy groups -OCH3 is 2. The quantitative estimate of drug-likeness (QED) is 0.368. The largest absolute Gasteiger partial charge is 0.466 e. The molecule has 0 N–H and O–H groups in total. The Balaban J connectivity index is 5.17. The van der Waals surface area contributed by atoms with Gasteiger partial charge in [-0.05, 0) is 25.2 Å². The smallest absolute Gasteiger partial charge is 0.334 e. The molecule has 0 heterocycles. The van der Waals surface area contributed by atoms with E-state index in [2.05, 4.69) is 6.92 Å². The van der Waals surface area contributed by atoms with Gasteiger partial charge in [0, 0.05) is 11.1 Å². The van der Waals surface area contributed by atoms with Crippen LogP contribution in [-0.2, 0) is 19.1 Å². The Morgan fingerprint density at radius 1 is 0.900 bits per heavy atom. The molecule has 0 aliphatic heterocycles. The van der Waals surface area contributed by atoms with Crippen molar-refractivity contribution in [2.75, 3.05) is 14.2 Å². The van der Waals surface area contributed by atoms with E-state index >= 15 is 0 Å². The molecule has 0 saturated heterocycles. The van der Waals surface area contributed by atoms with E-state index in [-0.39, 0.29) is 5.92 Å². The molecule has 0 saturated carbocycles. The highest BCUT2D eigenvalue weighted by Gasteiger charge is 2.22. The molecule has 4 heteroatoms. The SMILES string of the molecule is CCCCCCC(C(=O)OC)=C(CC(C)C)C(=O)OC. The van der Waals surface area contributed by atoms with Gasteiger partial charge in [0.15, 0.2) is 0 Å². The molecule has 0 amide bonds. The number of rotatable bonds is 9. The molecular formula is C16H28O4. The van der Waals surface area contributed by atoms with Gasteiger partial charge in [-0.15, -0.1) is 0 Å². The number of ether oxygens (including phenoxy) is 2. The van der Waals surface area contributed by atoms with Crippen LogP contribution < -0.4 is 0 Å². The average molecular weight is 284 g/mol. The molecule has 116 valence electrons. The van der Waals surface area contributed by atoms with Gasteiger partial charge in [-0.1, -0.05) is 40.0 Å². The lowest BCUT2D eigenvalue weighted by Crippen LogP contribution is -2.16. The molecule has 0 radical (unpaired) electrons. The molecule has 0 fully saturated rings. The van der Waals surface area contributed by atoms with Gasteiger partial charge in [0.25, 0.3) is 0 Å². The van der Waals surface area contributed by atoms with Gasteiger partial charge < -0.3 is 9.47 Å². The zero-order valence-electron chi connectivity index (χ0n) is 13.5. The maximum atomic E-state index is 11.9. The molecule has 0 aliphatic rings. The highest BCUT2D eigenvalue weighted by atomic mass is 16.5. The van der Waals surface area contributed by atoms with Crippen molar-refractivity contribution in [1.82, 2.24) is 0 Å². The fourth-order valence-corrected chi connectivity index (χ4v) is 2.09. The zero-order valence-corrected chi connectivity index (χ0v) is 13.5. The maximum Gasteiger partial charge on any atom is 0.334 e. The van der Waals surface area contributed by atoms with Gasteiger partial charge in [-0.3, -0.25) is 0 Å². The summed E-state index contributed by atoms with van der Waals surface area (Å²) >= 11 is 0. The van der Waals surface area contributed by atoms with Gasteiger partial charge in [0.05, 0.1) is 14.2 Å². The van der Waals surface area contributed by atoms with Crippen molar-refractivity contribution in [1.29, 1.82) is 0 Å². The molecular weight excluding hydrogens is 256 g/mol. The van der Waals surface area contributed by atoms with Crippen molar-refractivity contribution in [3.05, 3.63) is 11.1 Å². The first-order valence-corrected chi connectivity index (χ1v) is 7.36. The first-order valence-electron chi connectivity index (χ1n) is 7.36. The van der Waals surface area contributed by atoms with Gasteiger partial charge in [-0.2, -0.15) is 0 Å². The molecule has 4 nitrogen and oxygen atoms in total. The third-order valence-electron chi connectivity index (χ3n) is 3.12. The normalized spacial score (nSPS) is 12.1. The van der Waals surface area contributed by atoms with E-state index in [1.165, 1.54) is 14.2 Å². The van der Waals surface area contributed by atoms with Crippen LogP contribution in [0, 0.1) is 5.92 Å². The molecule has 0 bridgehead atoms. The zero-order chi connectivity index (χ0) is 15.5. The summed E-state index contributed by atoms with van der Waals surface area (Å²) in [6, 6.07) is 0. The summed E-state index contributed by atoms with van der Waals surface area (Å²) in [5, 5.41) is 0. The Morgan fingerprint density at radius 2 is 1.45 bits per heavy atom. The third-order valence-corrected chi connectivity index (χ3v) is 3.12. The lowest BCUT2D eigenvalue weighted by molar-refractivity contribution is -0.139. The average Bonchev–Trinajstić information content (AvgIpc) is 2.43. The van der Waals surface area contributed by atoms with Gasteiger partial charge in [0.2, 0.25) is 0 Å². The molecule has 0 aromatic heterocycles. The van der Waals surface area contributed by atoms with Crippen molar-refractivity contribution < 1.29 is 19.1 Å². The molecule has 0 aliphatic carbocycles. The minimum Gasteiger partial charge on any atom is -0.466 e. The minimum absolute atomic E-state index is 0.277. The van der Waals surface area contributed by atoms with Crippen LogP contribution in [0.4, 0.5) is 0 Å². The lowest BCUT2D eigenvalue weighted by atomic mass is 9.94. The summed E-state index contributed by atoms with van der Waals surface area (Å²) in [5.41, 5.74) is 0.940. The van der Waals surface area contributed by atoms with E-state index in [0.29, 0.717) is 24.0 Å². The summed E-state index contributed by atoms with van der Waals surface area (Å²) in [4.78, 5) is 23.8. The Labute approximate surface area is 122 Å². The molecule has 0 aromatic rings. The summed E-state index contributed by atoms with van der Waals surface area (Å²) in [5.74, 6) is -0.559.